The summed E-state index contributed by atoms with van der Waals surface area (Å²) in [7, 11) is 0. The third-order valence-corrected chi connectivity index (χ3v) is 6.07. The molecule has 0 aliphatic carbocycles. The quantitative estimate of drug-likeness (QED) is 0.141. The molecular weight excluding hydrogens is 417 g/mol. The van der Waals surface area contributed by atoms with Gasteiger partial charge in [0.2, 0.25) is 0 Å². The minimum Gasteiger partial charge on any atom is -0.691 e. The van der Waals surface area contributed by atoms with E-state index in [1.807, 2.05) is 0 Å². The smallest absolute Gasteiger partial charge is 0.691 e. The average Bonchev–Trinajstić information content (AvgIpc) is 2.50. The Labute approximate surface area is 178 Å². The SMILES string of the molecule is CCCCC1(CC)COC(=O)CC1(SOO[O-])C(C(F)(F)F)C(F)(F)F.[Na+]. The summed E-state index contributed by atoms with van der Waals surface area (Å²) in [5, 5.41) is 13.3. The van der Waals surface area contributed by atoms with Crippen molar-refractivity contribution in [2.24, 2.45) is 11.3 Å². The molecule has 1 rings (SSSR count). The van der Waals surface area contributed by atoms with Gasteiger partial charge in [0.25, 0.3) is 0 Å². The molecule has 0 aromatic carbocycles. The van der Waals surface area contributed by atoms with E-state index in [0.717, 1.165) is 0 Å². The number of hydrogen-bond acceptors (Lipinski definition) is 6. The zero-order chi connectivity index (χ0) is 20.2. The van der Waals surface area contributed by atoms with E-state index in [1.54, 1.807) is 6.92 Å². The Morgan fingerprint density at radius 2 is 1.78 bits per heavy atom. The van der Waals surface area contributed by atoms with Crippen molar-refractivity contribution in [3.05, 3.63) is 0 Å². The van der Waals surface area contributed by atoms with Crippen molar-refractivity contribution in [2.45, 2.75) is 63.1 Å². The first-order valence-corrected chi connectivity index (χ1v) is 8.57. The first-order chi connectivity index (χ1) is 11.9. The van der Waals surface area contributed by atoms with Crippen molar-refractivity contribution in [1.82, 2.24) is 0 Å². The van der Waals surface area contributed by atoms with E-state index in [2.05, 4.69) is 9.37 Å². The van der Waals surface area contributed by atoms with E-state index in [1.165, 1.54) is 6.92 Å². The number of ether oxygens (including phenoxy) is 1. The molecule has 0 saturated carbocycles. The molecule has 0 spiro atoms. The van der Waals surface area contributed by atoms with Crippen LogP contribution in [0.1, 0.15) is 46.0 Å². The van der Waals surface area contributed by atoms with Gasteiger partial charge in [0.1, 0.15) is 0 Å². The Kier molecular flexibility index (Phi) is 10.5. The molecule has 1 heterocycles. The van der Waals surface area contributed by atoms with Crippen molar-refractivity contribution in [3.8, 4) is 0 Å². The molecular formula is C14H19F6NaO5S. The van der Waals surface area contributed by atoms with Crippen LogP contribution in [-0.4, -0.2) is 29.7 Å². The van der Waals surface area contributed by atoms with Crippen molar-refractivity contribution in [2.75, 3.05) is 6.61 Å². The third kappa shape index (κ3) is 5.89. The van der Waals surface area contributed by atoms with E-state index in [9.17, 15) is 36.4 Å². The molecule has 154 valence electrons. The Hall–Kier alpha value is 0.280. The van der Waals surface area contributed by atoms with Crippen molar-refractivity contribution >= 4 is 18.0 Å². The van der Waals surface area contributed by atoms with Crippen LogP contribution in [0.3, 0.4) is 0 Å². The fourth-order valence-corrected chi connectivity index (χ4v) is 4.71. The molecule has 1 saturated heterocycles. The third-order valence-electron chi connectivity index (χ3n) is 4.83. The maximum atomic E-state index is 13.5. The number of halogens is 6. The fourth-order valence-electron chi connectivity index (χ4n) is 3.53. The minimum atomic E-state index is -5.73. The second-order valence-corrected chi connectivity index (χ2v) is 7.23. The van der Waals surface area contributed by atoms with Crippen LogP contribution in [-0.2, 0) is 18.9 Å². The van der Waals surface area contributed by atoms with Gasteiger partial charge in [0, 0.05) is 17.5 Å². The van der Waals surface area contributed by atoms with Gasteiger partial charge in [-0.15, -0.1) is 0 Å². The van der Waals surface area contributed by atoms with E-state index in [4.69, 9.17) is 4.74 Å². The van der Waals surface area contributed by atoms with Crippen LogP contribution in [0.4, 0.5) is 26.3 Å². The van der Waals surface area contributed by atoms with E-state index >= 15 is 0 Å². The number of unbranched alkanes of at least 4 members (excludes halogenated alkanes) is 1. The number of esters is 1. The van der Waals surface area contributed by atoms with E-state index in [0.29, 0.717) is 12.8 Å². The van der Waals surface area contributed by atoms with Crippen LogP contribution in [0, 0.1) is 11.3 Å². The number of carbonyl (C=O) groups excluding carboxylic acids is 1. The maximum Gasteiger partial charge on any atom is 1.00 e. The minimum absolute atomic E-state index is 0. The molecule has 0 aromatic rings. The number of carbonyl (C=O) groups is 1. The fraction of sp³-hybridized carbons (Fsp3) is 0.929. The first-order valence-electron chi connectivity index (χ1n) is 7.83. The largest absolute Gasteiger partial charge is 1.00 e. The monoisotopic (exact) mass is 436 g/mol. The predicted molar refractivity (Wildman–Crippen MR) is 75.9 cm³/mol. The molecule has 5 nitrogen and oxygen atoms in total. The predicted octanol–water partition coefficient (Wildman–Crippen LogP) is 0.875. The van der Waals surface area contributed by atoms with Crippen LogP contribution in [0.25, 0.3) is 0 Å². The van der Waals surface area contributed by atoms with Gasteiger partial charge in [0.05, 0.1) is 17.8 Å². The zero-order valence-corrected chi connectivity index (χ0v) is 17.9. The maximum absolute atomic E-state index is 13.5. The molecule has 0 aromatic heterocycles. The molecule has 2 unspecified atom stereocenters. The summed E-state index contributed by atoms with van der Waals surface area (Å²) >= 11 is -0.383. The van der Waals surface area contributed by atoms with Gasteiger partial charge in [-0.2, -0.15) is 30.7 Å². The van der Waals surface area contributed by atoms with Crippen LogP contribution in [0.2, 0.25) is 0 Å². The zero-order valence-electron chi connectivity index (χ0n) is 15.0. The summed E-state index contributed by atoms with van der Waals surface area (Å²) in [6, 6.07) is 0. The van der Waals surface area contributed by atoms with Gasteiger partial charge in [-0.3, -0.25) is 9.83 Å². The van der Waals surface area contributed by atoms with Gasteiger partial charge in [0.15, 0.2) is 5.92 Å². The number of rotatable bonds is 8. The average molecular weight is 436 g/mol. The molecule has 0 radical (unpaired) electrons. The first kappa shape index (κ1) is 27.3. The Bertz CT molecular complexity index is 478. The van der Waals surface area contributed by atoms with Gasteiger partial charge in [-0.1, -0.05) is 26.7 Å². The van der Waals surface area contributed by atoms with E-state index in [-0.39, 0.29) is 54.4 Å². The molecule has 1 fully saturated rings. The Morgan fingerprint density at radius 1 is 1.22 bits per heavy atom. The Balaban J connectivity index is 0.00000676. The summed E-state index contributed by atoms with van der Waals surface area (Å²) in [5.41, 5.74) is -1.71. The summed E-state index contributed by atoms with van der Waals surface area (Å²) in [4.78, 5) is 11.7. The number of hydrogen-bond donors (Lipinski definition) is 0. The second-order valence-electron chi connectivity index (χ2n) is 6.20. The normalized spacial score (nSPS) is 26.7. The molecule has 27 heavy (non-hydrogen) atoms. The van der Waals surface area contributed by atoms with Crippen LogP contribution < -0.4 is 34.8 Å². The van der Waals surface area contributed by atoms with Crippen LogP contribution in [0.5, 0.6) is 0 Å². The van der Waals surface area contributed by atoms with Crippen molar-refractivity contribution < 1.29 is 80.1 Å². The molecule has 1 aliphatic rings. The summed E-state index contributed by atoms with van der Waals surface area (Å²) < 4.78 is 87.2. The van der Waals surface area contributed by atoms with Crippen molar-refractivity contribution in [1.29, 1.82) is 0 Å². The summed E-state index contributed by atoms with van der Waals surface area (Å²) in [6.45, 7) is 2.49. The summed E-state index contributed by atoms with van der Waals surface area (Å²) in [6.07, 6.45) is -12.1. The molecule has 2 atom stereocenters. The second kappa shape index (κ2) is 10.4. The van der Waals surface area contributed by atoms with Gasteiger partial charge in [-0.05, 0) is 12.8 Å². The van der Waals surface area contributed by atoms with Gasteiger partial charge in [-0.25, -0.2) is 0 Å². The molecule has 0 N–H and O–H groups in total. The Morgan fingerprint density at radius 3 is 2.19 bits per heavy atom. The standard InChI is InChI=1S/C14H20F6O5S.Na/c1-3-5-6-11(4-2)8-23-9(21)7-12(11,26-25-24-22)10(13(15,16)17)14(18,19)20;/h10,22H,3-8H2,1-2H3;/q;+1/p-1. The number of alkyl halides is 6. The summed E-state index contributed by atoms with van der Waals surface area (Å²) in [5.74, 6) is -5.14. The topological polar surface area (TPSA) is 67.8 Å². The molecule has 1 aliphatic heterocycles. The van der Waals surface area contributed by atoms with E-state index < -0.39 is 47.4 Å². The van der Waals surface area contributed by atoms with Crippen molar-refractivity contribution in [3.63, 3.8) is 0 Å². The molecule has 13 heteroatoms. The molecule has 0 amide bonds. The van der Waals surface area contributed by atoms with Crippen LogP contribution >= 0.6 is 12.0 Å². The molecule has 0 bridgehead atoms. The van der Waals surface area contributed by atoms with Gasteiger partial charge < -0.3 is 9.99 Å². The van der Waals surface area contributed by atoms with Crippen LogP contribution in [0.15, 0.2) is 0 Å². The van der Waals surface area contributed by atoms with Gasteiger partial charge >= 0.3 is 47.9 Å². The number of cyclic esters (lactones) is 1.